The summed E-state index contributed by atoms with van der Waals surface area (Å²) in [6, 6.07) is 13.8. The third-order valence-corrected chi connectivity index (χ3v) is 4.90. The molecule has 0 heterocycles. The van der Waals surface area contributed by atoms with Gasteiger partial charge in [0.1, 0.15) is 0 Å². The maximum absolute atomic E-state index is 12.2. The number of rotatable bonds is 6. The second-order valence-electron chi connectivity index (χ2n) is 5.58. The number of likely N-dealkylation sites (N-methyl/N-ethyl adjacent to an activating group) is 1. The molecule has 0 unspecified atom stereocenters. The van der Waals surface area contributed by atoms with E-state index in [4.69, 9.17) is 11.6 Å². The van der Waals surface area contributed by atoms with Crippen LogP contribution in [0.2, 0.25) is 5.02 Å². The molecular weight excluding hydrogens is 348 g/mol. The fourth-order valence-corrected chi connectivity index (χ4v) is 3.34. The summed E-state index contributed by atoms with van der Waals surface area (Å²) in [7, 11) is -1.61. The molecule has 1 amide bonds. The zero-order chi connectivity index (χ0) is 17.7. The minimum Gasteiger partial charge on any atom is -0.324 e. The Morgan fingerprint density at radius 1 is 1.12 bits per heavy atom. The molecule has 2 rings (SSSR count). The van der Waals surface area contributed by atoms with E-state index in [1.54, 1.807) is 36.2 Å². The first-order valence-corrected chi connectivity index (χ1v) is 9.55. The summed E-state index contributed by atoms with van der Waals surface area (Å²) < 4.78 is 23.5. The molecule has 0 aliphatic carbocycles. The Morgan fingerprint density at radius 2 is 1.75 bits per heavy atom. The largest absolute Gasteiger partial charge is 0.324 e. The van der Waals surface area contributed by atoms with Crippen molar-refractivity contribution in [1.29, 1.82) is 0 Å². The number of carbonyl (C=O) groups excluding carboxylic acids is 1. The first-order valence-electron chi connectivity index (χ1n) is 7.28. The summed E-state index contributed by atoms with van der Waals surface area (Å²) in [4.78, 5) is 14.1. The molecule has 0 aliphatic rings. The number of nitrogens with zero attached hydrogens (tertiary/aromatic N) is 1. The number of nitrogens with one attached hydrogen (secondary N) is 1. The lowest BCUT2D eigenvalue weighted by Crippen LogP contribution is -2.30. The zero-order valence-corrected chi connectivity index (χ0v) is 15.1. The standard InChI is InChI=1S/C17H19ClN2O3S/c1-20(11-13-7-3-4-8-14(13)18)12-17(21)19-15-9-5-6-10-16(15)24(2,22)23/h3-10H,11-12H2,1-2H3,(H,19,21). The third-order valence-electron chi connectivity index (χ3n) is 3.37. The topological polar surface area (TPSA) is 66.5 Å². The fourth-order valence-electron chi connectivity index (χ4n) is 2.30. The Labute approximate surface area is 147 Å². The summed E-state index contributed by atoms with van der Waals surface area (Å²) in [5.41, 5.74) is 1.21. The van der Waals surface area contributed by atoms with Gasteiger partial charge in [-0.2, -0.15) is 0 Å². The molecule has 0 bridgehead atoms. The number of hydrogen-bond acceptors (Lipinski definition) is 4. The molecule has 0 fully saturated rings. The van der Waals surface area contributed by atoms with E-state index in [1.165, 1.54) is 6.07 Å². The van der Waals surface area contributed by atoms with Gasteiger partial charge in [0.2, 0.25) is 5.91 Å². The SMILES string of the molecule is CN(CC(=O)Nc1ccccc1S(C)(=O)=O)Cc1ccccc1Cl. The van der Waals surface area contributed by atoms with Crippen molar-refractivity contribution in [2.24, 2.45) is 0 Å². The Hall–Kier alpha value is -1.89. The van der Waals surface area contributed by atoms with Crippen LogP contribution in [0.1, 0.15) is 5.56 Å². The van der Waals surface area contributed by atoms with Crippen LogP contribution in [0.25, 0.3) is 0 Å². The predicted octanol–water partition coefficient (Wildman–Crippen LogP) is 2.81. The average Bonchev–Trinajstić information content (AvgIpc) is 2.49. The molecule has 0 atom stereocenters. The van der Waals surface area contributed by atoms with Crippen LogP contribution in [0.5, 0.6) is 0 Å². The summed E-state index contributed by atoms with van der Waals surface area (Å²) in [5, 5.41) is 3.30. The first-order chi connectivity index (χ1) is 11.3. The number of amides is 1. The van der Waals surface area contributed by atoms with Crippen molar-refractivity contribution in [2.45, 2.75) is 11.4 Å². The van der Waals surface area contributed by atoms with Gasteiger partial charge in [0.25, 0.3) is 0 Å². The van der Waals surface area contributed by atoms with Gasteiger partial charge in [0.05, 0.1) is 17.1 Å². The van der Waals surface area contributed by atoms with Crippen molar-refractivity contribution in [3.05, 3.63) is 59.1 Å². The Morgan fingerprint density at radius 3 is 2.42 bits per heavy atom. The number of para-hydroxylation sites is 1. The van der Waals surface area contributed by atoms with Crippen molar-refractivity contribution in [2.75, 3.05) is 25.2 Å². The van der Waals surface area contributed by atoms with E-state index in [1.807, 2.05) is 18.2 Å². The summed E-state index contributed by atoms with van der Waals surface area (Å²) in [6.45, 7) is 0.629. The van der Waals surface area contributed by atoms with E-state index in [0.29, 0.717) is 11.6 Å². The molecule has 0 aliphatic heterocycles. The van der Waals surface area contributed by atoms with Crippen LogP contribution in [-0.2, 0) is 21.2 Å². The van der Waals surface area contributed by atoms with Gasteiger partial charge >= 0.3 is 0 Å². The molecule has 0 aromatic heterocycles. The lowest BCUT2D eigenvalue weighted by molar-refractivity contribution is -0.117. The van der Waals surface area contributed by atoms with Crippen LogP contribution in [0.4, 0.5) is 5.69 Å². The summed E-state index contributed by atoms with van der Waals surface area (Å²) >= 11 is 6.11. The van der Waals surface area contributed by atoms with Crippen molar-refractivity contribution < 1.29 is 13.2 Å². The maximum Gasteiger partial charge on any atom is 0.238 e. The molecular formula is C17H19ClN2O3S. The predicted molar refractivity (Wildman–Crippen MR) is 96.0 cm³/mol. The number of anilines is 1. The molecule has 2 aromatic rings. The Balaban J connectivity index is 2.03. The second-order valence-corrected chi connectivity index (χ2v) is 7.97. The highest BCUT2D eigenvalue weighted by Gasteiger charge is 2.15. The highest BCUT2D eigenvalue weighted by molar-refractivity contribution is 7.90. The fraction of sp³-hybridized carbons (Fsp3) is 0.235. The van der Waals surface area contributed by atoms with E-state index in [2.05, 4.69) is 5.32 Å². The van der Waals surface area contributed by atoms with Gasteiger partial charge in [-0.05, 0) is 30.8 Å². The molecule has 2 aromatic carbocycles. The molecule has 7 heteroatoms. The van der Waals surface area contributed by atoms with Gasteiger partial charge < -0.3 is 5.32 Å². The molecule has 0 saturated heterocycles. The van der Waals surface area contributed by atoms with Gasteiger partial charge in [0.15, 0.2) is 9.84 Å². The van der Waals surface area contributed by atoms with Crippen molar-refractivity contribution in [3.63, 3.8) is 0 Å². The molecule has 0 saturated carbocycles. The molecule has 5 nitrogen and oxygen atoms in total. The zero-order valence-electron chi connectivity index (χ0n) is 13.5. The lowest BCUT2D eigenvalue weighted by atomic mass is 10.2. The Bertz CT molecular complexity index is 837. The molecule has 0 spiro atoms. The molecule has 1 N–H and O–H groups in total. The van der Waals surface area contributed by atoms with Crippen LogP contribution in [0.15, 0.2) is 53.4 Å². The number of hydrogen-bond donors (Lipinski definition) is 1. The maximum atomic E-state index is 12.2. The number of benzene rings is 2. The Kier molecular flexibility index (Phi) is 5.99. The van der Waals surface area contributed by atoms with E-state index in [-0.39, 0.29) is 23.0 Å². The minimum atomic E-state index is -3.41. The van der Waals surface area contributed by atoms with E-state index < -0.39 is 9.84 Å². The normalized spacial score (nSPS) is 11.5. The third kappa shape index (κ3) is 5.06. The van der Waals surface area contributed by atoms with Gasteiger partial charge in [-0.3, -0.25) is 9.69 Å². The van der Waals surface area contributed by atoms with E-state index >= 15 is 0 Å². The van der Waals surface area contributed by atoms with Gasteiger partial charge in [-0.15, -0.1) is 0 Å². The molecule has 24 heavy (non-hydrogen) atoms. The van der Waals surface area contributed by atoms with Crippen LogP contribution in [0, 0.1) is 0 Å². The molecule has 0 radical (unpaired) electrons. The summed E-state index contributed by atoms with van der Waals surface area (Å²) in [5.74, 6) is -0.291. The van der Waals surface area contributed by atoms with Crippen molar-refractivity contribution >= 4 is 33.0 Å². The van der Waals surface area contributed by atoms with Crippen LogP contribution in [0.3, 0.4) is 0 Å². The quantitative estimate of drug-likeness (QED) is 0.853. The monoisotopic (exact) mass is 366 g/mol. The van der Waals surface area contributed by atoms with Crippen LogP contribution < -0.4 is 5.32 Å². The smallest absolute Gasteiger partial charge is 0.238 e. The second kappa shape index (κ2) is 7.79. The average molecular weight is 367 g/mol. The van der Waals surface area contributed by atoms with Crippen LogP contribution in [-0.4, -0.2) is 39.1 Å². The number of sulfone groups is 1. The van der Waals surface area contributed by atoms with Crippen molar-refractivity contribution in [3.8, 4) is 0 Å². The highest BCUT2D eigenvalue weighted by atomic mass is 35.5. The number of carbonyl (C=O) groups is 1. The minimum absolute atomic E-state index is 0.104. The number of halogens is 1. The summed E-state index contributed by atoms with van der Waals surface area (Å²) in [6.07, 6.45) is 1.11. The van der Waals surface area contributed by atoms with Crippen molar-refractivity contribution in [1.82, 2.24) is 4.90 Å². The highest BCUT2D eigenvalue weighted by Crippen LogP contribution is 2.21. The van der Waals surface area contributed by atoms with Gasteiger partial charge in [0, 0.05) is 17.8 Å². The van der Waals surface area contributed by atoms with Gasteiger partial charge in [-0.25, -0.2) is 8.42 Å². The van der Waals surface area contributed by atoms with E-state index in [9.17, 15) is 13.2 Å². The first kappa shape index (κ1) is 18.4. The molecule has 128 valence electrons. The lowest BCUT2D eigenvalue weighted by Gasteiger charge is -2.17. The van der Waals surface area contributed by atoms with Gasteiger partial charge in [-0.1, -0.05) is 41.9 Å². The van der Waals surface area contributed by atoms with Crippen LogP contribution >= 0.6 is 11.6 Å². The van der Waals surface area contributed by atoms with E-state index in [0.717, 1.165) is 11.8 Å².